The van der Waals surface area contributed by atoms with Crippen LogP contribution in [0.2, 0.25) is 0 Å². The molecule has 0 spiro atoms. The van der Waals surface area contributed by atoms with Crippen molar-refractivity contribution in [2.24, 2.45) is 0 Å². The Morgan fingerprint density at radius 3 is 2.35 bits per heavy atom. The minimum Gasteiger partial charge on any atom is -0.496 e. The minimum atomic E-state index is -0.165. The van der Waals surface area contributed by atoms with Crippen molar-refractivity contribution in [1.82, 2.24) is 4.98 Å². The van der Waals surface area contributed by atoms with Crippen molar-refractivity contribution < 1.29 is 4.74 Å². The summed E-state index contributed by atoms with van der Waals surface area (Å²) in [6.07, 6.45) is 1.76. The average molecular weight is 325 g/mol. The molecule has 1 heterocycles. The fourth-order valence-corrected chi connectivity index (χ4v) is 3.79. The second-order valence-electron chi connectivity index (χ2n) is 5.36. The van der Waals surface area contributed by atoms with E-state index in [-0.39, 0.29) is 5.56 Å². The lowest BCUT2D eigenvalue weighted by molar-refractivity contribution is 0.405. The third-order valence-corrected chi connectivity index (χ3v) is 5.08. The van der Waals surface area contributed by atoms with E-state index in [2.05, 4.69) is 31.0 Å². The first-order valence-corrected chi connectivity index (χ1v) is 8.59. The lowest BCUT2D eigenvalue weighted by atomic mass is 10.0. The minimum absolute atomic E-state index is 0.165. The topological polar surface area (TPSA) is 39.2 Å². The Balaban J connectivity index is 2.24. The zero-order valence-corrected chi connectivity index (χ0v) is 14.4. The van der Waals surface area contributed by atoms with Crippen LogP contribution in [0.15, 0.2) is 41.2 Å². The van der Waals surface area contributed by atoms with E-state index in [0.717, 1.165) is 45.0 Å². The molecule has 0 aliphatic heterocycles. The molecular formula is C19H19NO2S. The molecule has 3 aromatic rings. The molecule has 0 saturated heterocycles. The highest BCUT2D eigenvalue weighted by Gasteiger charge is 2.13. The SMILES string of the molecule is CCc1cc(-c2nc(=O)c3ccccc3s2)cc(CC)c1OC. The number of fused-ring (bicyclic) bond motifs is 1. The lowest BCUT2D eigenvalue weighted by Gasteiger charge is -2.14. The summed E-state index contributed by atoms with van der Waals surface area (Å²) in [5.74, 6) is 0.951. The molecule has 3 nitrogen and oxygen atoms in total. The molecule has 1 aromatic heterocycles. The van der Waals surface area contributed by atoms with Crippen molar-refractivity contribution in [3.05, 3.63) is 57.9 Å². The van der Waals surface area contributed by atoms with E-state index in [1.54, 1.807) is 18.4 Å². The van der Waals surface area contributed by atoms with Gasteiger partial charge in [-0.2, -0.15) is 4.98 Å². The third kappa shape index (κ3) is 2.86. The van der Waals surface area contributed by atoms with Gasteiger partial charge in [0, 0.05) is 10.3 Å². The molecule has 4 heteroatoms. The Hall–Kier alpha value is -2.20. The molecule has 118 valence electrons. The number of nitrogens with zero attached hydrogens (tertiary/aromatic N) is 1. The summed E-state index contributed by atoms with van der Waals surface area (Å²) >= 11 is 1.55. The zero-order valence-electron chi connectivity index (χ0n) is 13.6. The number of aromatic nitrogens is 1. The summed E-state index contributed by atoms with van der Waals surface area (Å²) in [6.45, 7) is 4.22. The fraction of sp³-hybridized carbons (Fsp3) is 0.263. The number of hydrogen-bond donors (Lipinski definition) is 0. The van der Waals surface area contributed by atoms with Crippen molar-refractivity contribution in [1.29, 1.82) is 0 Å². The van der Waals surface area contributed by atoms with E-state index < -0.39 is 0 Å². The molecule has 3 rings (SSSR count). The van der Waals surface area contributed by atoms with Crippen LogP contribution in [0.1, 0.15) is 25.0 Å². The van der Waals surface area contributed by atoms with Gasteiger partial charge in [-0.1, -0.05) is 26.0 Å². The van der Waals surface area contributed by atoms with Crippen molar-refractivity contribution in [3.63, 3.8) is 0 Å². The summed E-state index contributed by atoms with van der Waals surface area (Å²) in [6, 6.07) is 11.8. The predicted molar refractivity (Wildman–Crippen MR) is 96.6 cm³/mol. The average Bonchev–Trinajstić information content (AvgIpc) is 2.60. The summed E-state index contributed by atoms with van der Waals surface area (Å²) in [7, 11) is 1.71. The molecule has 23 heavy (non-hydrogen) atoms. The number of aryl methyl sites for hydroxylation is 2. The fourth-order valence-electron chi connectivity index (χ4n) is 2.80. The number of rotatable bonds is 4. The summed E-state index contributed by atoms with van der Waals surface area (Å²) in [5, 5.41) is 1.45. The van der Waals surface area contributed by atoms with Crippen LogP contribution in [0.4, 0.5) is 0 Å². The van der Waals surface area contributed by atoms with Crippen LogP contribution in [0, 0.1) is 0 Å². The van der Waals surface area contributed by atoms with Gasteiger partial charge in [-0.3, -0.25) is 4.79 Å². The summed E-state index contributed by atoms with van der Waals surface area (Å²) < 4.78 is 6.53. The molecule has 0 aliphatic carbocycles. The Morgan fingerprint density at radius 2 is 1.74 bits per heavy atom. The highest BCUT2D eigenvalue weighted by molar-refractivity contribution is 7.21. The van der Waals surface area contributed by atoms with Crippen molar-refractivity contribution >= 4 is 21.4 Å². The standard InChI is InChI=1S/C19H19NO2S/c1-4-12-10-14(11-13(5-2)17(12)22-3)19-20-18(21)15-8-6-7-9-16(15)23-19/h6-11H,4-5H2,1-3H3. The van der Waals surface area contributed by atoms with Crippen LogP contribution >= 0.6 is 11.3 Å². The van der Waals surface area contributed by atoms with E-state index in [0.29, 0.717) is 5.39 Å². The second kappa shape index (κ2) is 6.50. The smallest absolute Gasteiger partial charge is 0.279 e. The maximum Gasteiger partial charge on any atom is 0.279 e. The van der Waals surface area contributed by atoms with Gasteiger partial charge < -0.3 is 4.74 Å². The summed E-state index contributed by atoms with van der Waals surface area (Å²) in [5.41, 5.74) is 3.13. The first kappa shape index (κ1) is 15.7. The first-order valence-electron chi connectivity index (χ1n) is 7.78. The molecular weight excluding hydrogens is 306 g/mol. The monoisotopic (exact) mass is 325 g/mol. The number of benzene rings is 2. The highest BCUT2D eigenvalue weighted by Crippen LogP contribution is 2.33. The predicted octanol–water partition coefficient (Wildman–Crippen LogP) is 4.46. The Kier molecular flexibility index (Phi) is 4.44. The molecule has 0 fully saturated rings. The van der Waals surface area contributed by atoms with Gasteiger partial charge >= 0.3 is 0 Å². The normalized spacial score (nSPS) is 10.9. The van der Waals surface area contributed by atoms with Gasteiger partial charge in [-0.05, 0) is 48.2 Å². The van der Waals surface area contributed by atoms with E-state index >= 15 is 0 Å². The maximum absolute atomic E-state index is 12.3. The quantitative estimate of drug-likeness (QED) is 0.711. The highest BCUT2D eigenvalue weighted by atomic mass is 32.1. The van der Waals surface area contributed by atoms with Gasteiger partial charge in [0.1, 0.15) is 10.8 Å². The van der Waals surface area contributed by atoms with Crippen LogP contribution in [0.3, 0.4) is 0 Å². The van der Waals surface area contributed by atoms with Crippen molar-refractivity contribution in [2.45, 2.75) is 26.7 Å². The van der Waals surface area contributed by atoms with Gasteiger partial charge in [0.05, 0.1) is 12.5 Å². The molecule has 2 aromatic carbocycles. The van der Waals surface area contributed by atoms with Gasteiger partial charge in [0.15, 0.2) is 0 Å². The van der Waals surface area contributed by atoms with Crippen LogP contribution in [0.5, 0.6) is 5.75 Å². The number of methoxy groups -OCH3 is 1. The third-order valence-electron chi connectivity index (χ3n) is 3.98. The van der Waals surface area contributed by atoms with Gasteiger partial charge in [-0.25, -0.2) is 0 Å². The Bertz CT molecular complexity index is 890. The van der Waals surface area contributed by atoms with E-state index in [1.807, 2.05) is 24.3 Å². The van der Waals surface area contributed by atoms with E-state index in [1.165, 1.54) is 0 Å². The van der Waals surface area contributed by atoms with Gasteiger partial charge in [-0.15, -0.1) is 11.3 Å². The molecule has 0 unspecified atom stereocenters. The molecule has 0 aliphatic rings. The van der Waals surface area contributed by atoms with Crippen LogP contribution in [-0.4, -0.2) is 12.1 Å². The van der Waals surface area contributed by atoms with Crippen molar-refractivity contribution in [2.75, 3.05) is 7.11 Å². The molecule has 0 saturated carbocycles. The Labute approximate surface area is 139 Å². The zero-order chi connectivity index (χ0) is 16.4. The molecule has 0 bridgehead atoms. The lowest BCUT2D eigenvalue weighted by Crippen LogP contribution is -2.06. The summed E-state index contributed by atoms with van der Waals surface area (Å²) in [4.78, 5) is 16.6. The molecule has 0 radical (unpaired) electrons. The van der Waals surface area contributed by atoms with Crippen LogP contribution in [0.25, 0.3) is 20.7 Å². The number of ether oxygens (including phenoxy) is 1. The Morgan fingerprint density at radius 1 is 1.09 bits per heavy atom. The van der Waals surface area contributed by atoms with Gasteiger partial charge in [0.2, 0.25) is 0 Å². The van der Waals surface area contributed by atoms with Crippen LogP contribution in [-0.2, 0) is 12.8 Å². The molecule has 0 atom stereocenters. The molecule has 0 amide bonds. The van der Waals surface area contributed by atoms with E-state index in [4.69, 9.17) is 4.74 Å². The maximum atomic E-state index is 12.3. The van der Waals surface area contributed by atoms with Crippen molar-refractivity contribution in [3.8, 4) is 16.3 Å². The number of hydrogen-bond acceptors (Lipinski definition) is 4. The first-order chi connectivity index (χ1) is 11.2. The largest absolute Gasteiger partial charge is 0.496 e. The second-order valence-corrected chi connectivity index (χ2v) is 6.39. The van der Waals surface area contributed by atoms with Gasteiger partial charge in [0.25, 0.3) is 5.56 Å². The molecule has 0 N–H and O–H groups in total. The van der Waals surface area contributed by atoms with Crippen LogP contribution < -0.4 is 10.3 Å². The van der Waals surface area contributed by atoms with E-state index in [9.17, 15) is 4.79 Å².